The number of nitrogens with zero attached hydrogens (tertiary/aromatic N) is 2. The Hall–Kier alpha value is -2.57. The molecule has 1 aliphatic heterocycles. The molecule has 142 valence electrons. The summed E-state index contributed by atoms with van der Waals surface area (Å²) in [5.41, 5.74) is 1.80. The number of carbonyl (C=O) groups is 2. The van der Waals surface area contributed by atoms with Crippen molar-refractivity contribution in [3.63, 3.8) is 0 Å². The number of hydrogen-bond donors (Lipinski definition) is 2. The van der Waals surface area contributed by atoms with E-state index in [9.17, 15) is 9.59 Å². The van der Waals surface area contributed by atoms with Crippen molar-refractivity contribution in [1.29, 1.82) is 0 Å². The number of nitrogens with one attached hydrogen (secondary N) is 2. The van der Waals surface area contributed by atoms with Gasteiger partial charge in [-0.1, -0.05) is 12.1 Å². The maximum absolute atomic E-state index is 11.7. The number of hydrogen-bond acceptors (Lipinski definition) is 4. The Labute approximate surface area is 154 Å². The average Bonchev–Trinajstić information content (AvgIpc) is 2.64. The lowest BCUT2D eigenvalue weighted by molar-refractivity contribution is -0.146. The molecule has 0 bridgehead atoms. The quantitative estimate of drug-likeness (QED) is 0.477. The molecule has 26 heavy (non-hydrogen) atoms. The van der Waals surface area contributed by atoms with Crippen LogP contribution >= 0.6 is 0 Å². The van der Waals surface area contributed by atoms with Crippen LogP contribution in [0.25, 0.3) is 0 Å². The number of methoxy groups -OCH3 is 1. The largest absolute Gasteiger partial charge is 0.469 e. The zero-order valence-corrected chi connectivity index (χ0v) is 15.7. The third-order valence-electron chi connectivity index (χ3n) is 4.32. The molecule has 1 saturated heterocycles. The van der Waals surface area contributed by atoms with Crippen LogP contribution in [0.4, 0.5) is 5.69 Å². The predicted molar refractivity (Wildman–Crippen MR) is 102 cm³/mol. The molecule has 1 aromatic rings. The van der Waals surface area contributed by atoms with Crippen LogP contribution in [-0.4, -0.2) is 49.5 Å². The van der Waals surface area contributed by atoms with Crippen LogP contribution in [0.1, 0.15) is 32.3 Å². The standard InChI is InChI=1S/C19H28N4O3/c1-4-20-19(23-10-8-16(9-11-23)18(25)26-3)21-13-15-6-5-7-17(12-15)22-14(2)24/h5-7,12,16H,4,8-11,13H2,1-3H3,(H,20,21)(H,22,24). The summed E-state index contributed by atoms with van der Waals surface area (Å²) < 4.78 is 4.84. The fourth-order valence-corrected chi connectivity index (χ4v) is 3.04. The lowest BCUT2D eigenvalue weighted by Gasteiger charge is -2.33. The monoisotopic (exact) mass is 360 g/mol. The number of guanidine groups is 1. The molecule has 0 saturated carbocycles. The van der Waals surface area contributed by atoms with Gasteiger partial charge in [0.25, 0.3) is 0 Å². The van der Waals surface area contributed by atoms with Crippen molar-refractivity contribution < 1.29 is 14.3 Å². The molecule has 1 aromatic carbocycles. The highest BCUT2D eigenvalue weighted by atomic mass is 16.5. The normalized spacial score (nSPS) is 15.5. The lowest BCUT2D eigenvalue weighted by Crippen LogP contribution is -2.46. The highest BCUT2D eigenvalue weighted by Gasteiger charge is 2.26. The number of rotatable bonds is 5. The molecule has 1 aliphatic rings. The van der Waals surface area contributed by atoms with Crippen LogP contribution in [0.3, 0.4) is 0 Å². The van der Waals surface area contributed by atoms with Crippen LogP contribution in [0.15, 0.2) is 29.3 Å². The Morgan fingerprint density at radius 1 is 1.31 bits per heavy atom. The zero-order valence-electron chi connectivity index (χ0n) is 15.7. The summed E-state index contributed by atoms with van der Waals surface area (Å²) >= 11 is 0. The van der Waals surface area contributed by atoms with Gasteiger partial charge in [0.2, 0.25) is 5.91 Å². The number of aliphatic imine (C=N–C) groups is 1. The first-order chi connectivity index (χ1) is 12.5. The number of amides is 1. The van der Waals surface area contributed by atoms with Crippen molar-refractivity contribution >= 4 is 23.5 Å². The summed E-state index contributed by atoms with van der Waals surface area (Å²) in [5.74, 6) is 0.614. The number of carbonyl (C=O) groups excluding carboxylic acids is 2. The summed E-state index contributed by atoms with van der Waals surface area (Å²) in [7, 11) is 1.44. The molecule has 7 heteroatoms. The minimum Gasteiger partial charge on any atom is -0.469 e. The van der Waals surface area contributed by atoms with Gasteiger partial charge in [0, 0.05) is 32.2 Å². The molecular formula is C19H28N4O3. The molecule has 0 spiro atoms. The second kappa shape index (κ2) is 9.79. The van der Waals surface area contributed by atoms with Crippen molar-refractivity contribution in [2.45, 2.75) is 33.2 Å². The van der Waals surface area contributed by atoms with Gasteiger partial charge in [-0.25, -0.2) is 4.99 Å². The third-order valence-corrected chi connectivity index (χ3v) is 4.32. The molecule has 2 N–H and O–H groups in total. The van der Waals surface area contributed by atoms with Crippen LogP contribution in [-0.2, 0) is 20.9 Å². The molecule has 1 amide bonds. The number of benzene rings is 1. The van der Waals surface area contributed by atoms with Gasteiger partial charge in [-0.3, -0.25) is 9.59 Å². The first kappa shape index (κ1) is 19.8. The summed E-state index contributed by atoms with van der Waals surface area (Å²) in [6.07, 6.45) is 1.55. The molecule has 0 aliphatic carbocycles. The zero-order chi connectivity index (χ0) is 18.9. The van der Waals surface area contributed by atoms with E-state index >= 15 is 0 Å². The Morgan fingerprint density at radius 3 is 2.65 bits per heavy atom. The van der Waals surface area contributed by atoms with E-state index in [1.54, 1.807) is 0 Å². The van der Waals surface area contributed by atoms with Crippen molar-refractivity contribution in [3.05, 3.63) is 29.8 Å². The average molecular weight is 360 g/mol. The minimum atomic E-state index is -0.124. The van der Waals surface area contributed by atoms with Crippen LogP contribution < -0.4 is 10.6 Å². The van der Waals surface area contributed by atoms with Gasteiger partial charge >= 0.3 is 5.97 Å². The Morgan fingerprint density at radius 2 is 2.04 bits per heavy atom. The van der Waals surface area contributed by atoms with E-state index in [4.69, 9.17) is 9.73 Å². The molecule has 2 rings (SSSR count). The molecule has 1 fully saturated rings. The van der Waals surface area contributed by atoms with Gasteiger partial charge in [-0.05, 0) is 37.5 Å². The van der Waals surface area contributed by atoms with Crippen molar-refractivity contribution in [2.24, 2.45) is 10.9 Å². The Kier molecular flexibility index (Phi) is 7.44. The molecule has 0 atom stereocenters. The summed E-state index contributed by atoms with van der Waals surface area (Å²) in [6, 6.07) is 7.68. The molecule has 1 heterocycles. The van der Waals surface area contributed by atoms with Crippen LogP contribution in [0, 0.1) is 5.92 Å². The van der Waals surface area contributed by atoms with E-state index in [1.165, 1.54) is 14.0 Å². The fourth-order valence-electron chi connectivity index (χ4n) is 3.04. The van der Waals surface area contributed by atoms with Crippen molar-refractivity contribution in [1.82, 2.24) is 10.2 Å². The van der Waals surface area contributed by atoms with Gasteiger partial charge in [0.15, 0.2) is 5.96 Å². The highest BCUT2D eigenvalue weighted by Crippen LogP contribution is 2.19. The minimum absolute atomic E-state index is 0.0199. The van der Waals surface area contributed by atoms with Gasteiger partial charge in [-0.2, -0.15) is 0 Å². The molecule has 0 aromatic heterocycles. The number of ether oxygens (including phenoxy) is 1. The topological polar surface area (TPSA) is 83.0 Å². The first-order valence-electron chi connectivity index (χ1n) is 9.01. The summed E-state index contributed by atoms with van der Waals surface area (Å²) in [5, 5.41) is 6.10. The van der Waals surface area contributed by atoms with Gasteiger partial charge in [-0.15, -0.1) is 0 Å². The maximum atomic E-state index is 11.7. The van der Waals surface area contributed by atoms with Gasteiger partial charge in [0.05, 0.1) is 19.6 Å². The first-order valence-corrected chi connectivity index (χ1v) is 9.01. The number of piperidine rings is 1. The van der Waals surface area contributed by atoms with E-state index in [-0.39, 0.29) is 17.8 Å². The Bertz CT molecular complexity index is 652. The summed E-state index contributed by atoms with van der Waals surface area (Å²) in [6.45, 7) is 6.38. The van der Waals surface area contributed by atoms with Crippen molar-refractivity contribution in [3.8, 4) is 0 Å². The smallest absolute Gasteiger partial charge is 0.308 e. The third kappa shape index (κ3) is 5.75. The van der Waals surface area contributed by atoms with Crippen molar-refractivity contribution in [2.75, 3.05) is 32.1 Å². The fraction of sp³-hybridized carbons (Fsp3) is 0.526. The molecule has 7 nitrogen and oxygen atoms in total. The maximum Gasteiger partial charge on any atom is 0.308 e. The second-order valence-electron chi connectivity index (χ2n) is 6.34. The van der Waals surface area contributed by atoms with E-state index in [1.807, 2.05) is 31.2 Å². The summed E-state index contributed by atoms with van der Waals surface area (Å²) in [4.78, 5) is 29.8. The predicted octanol–water partition coefficient (Wildman–Crippen LogP) is 2.00. The van der Waals surface area contributed by atoms with E-state index in [0.717, 1.165) is 49.7 Å². The van der Waals surface area contributed by atoms with Gasteiger partial charge in [0.1, 0.15) is 0 Å². The van der Waals surface area contributed by atoms with E-state index < -0.39 is 0 Å². The number of anilines is 1. The van der Waals surface area contributed by atoms with E-state index in [2.05, 4.69) is 15.5 Å². The SMILES string of the molecule is CCNC(=NCc1cccc(NC(C)=O)c1)N1CCC(C(=O)OC)CC1. The van der Waals surface area contributed by atoms with Crippen LogP contribution in [0.2, 0.25) is 0 Å². The molecular weight excluding hydrogens is 332 g/mol. The van der Waals surface area contributed by atoms with Gasteiger partial charge < -0.3 is 20.3 Å². The molecule has 0 radical (unpaired) electrons. The number of likely N-dealkylation sites (tertiary alicyclic amines) is 1. The Balaban J connectivity index is 2.01. The highest BCUT2D eigenvalue weighted by molar-refractivity contribution is 5.88. The van der Waals surface area contributed by atoms with E-state index in [0.29, 0.717) is 6.54 Å². The molecule has 0 unspecified atom stereocenters. The number of esters is 1. The lowest BCUT2D eigenvalue weighted by atomic mass is 9.97. The second-order valence-corrected chi connectivity index (χ2v) is 6.34. The van der Waals surface area contributed by atoms with Crippen LogP contribution in [0.5, 0.6) is 0 Å².